The third-order valence-electron chi connectivity index (χ3n) is 3.19. The molecule has 5 heteroatoms. The van der Waals surface area contributed by atoms with E-state index in [-0.39, 0.29) is 6.61 Å². The van der Waals surface area contributed by atoms with E-state index >= 15 is 0 Å². The van der Waals surface area contributed by atoms with Crippen molar-refractivity contribution in [3.63, 3.8) is 0 Å². The minimum atomic E-state index is -0.861. The van der Waals surface area contributed by atoms with Crippen LogP contribution in [-0.2, 0) is 6.61 Å². The zero-order valence-electron chi connectivity index (χ0n) is 11.9. The molecule has 2 rings (SSSR count). The van der Waals surface area contributed by atoms with Gasteiger partial charge in [0, 0.05) is 5.56 Å². The summed E-state index contributed by atoms with van der Waals surface area (Å²) in [4.78, 5) is 0. The van der Waals surface area contributed by atoms with Crippen LogP contribution in [-0.4, -0.2) is 26.2 Å². The molecule has 0 radical (unpaired) electrons. The van der Waals surface area contributed by atoms with Gasteiger partial charge in [0.25, 0.3) is 0 Å². The van der Waals surface area contributed by atoms with Gasteiger partial charge in [-0.1, -0.05) is 12.1 Å². The molecule has 0 heterocycles. The number of methoxy groups -OCH3 is 2. The van der Waals surface area contributed by atoms with E-state index in [1.165, 1.54) is 14.2 Å². The maximum absolute atomic E-state index is 12.1. The van der Waals surface area contributed by atoms with Crippen molar-refractivity contribution in [2.75, 3.05) is 21.1 Å². The Morgan fingerprint density at radius 2 is 1.71 bits per heavy atom. The molecule has 0 amide bonds. The molecule has 112 valence electrons. The van der Waals surface area contributed by atoms with Gasteiger partial charge in [-0.05, 0) is 29.8 Å². The highest BCUT2D eigenvalue weighted by Crippen LogP contribution is 2.38. The molecular formula is C16H17FO4. The van der Waals surface area contributed by atoms with Crippen LogP contribution in [0.2, 0.25) is 0 Å². The maximum Gasteiger partial charge on any atom is 0.228 e. The molecule has 0 unspecified atom stereocenters. The lowest BCUT2D eigenvalue weighted by molar-refractivity contribution is 0.192. The number of alkyl halides is 1. The average Bonchev–Trinajstić information content (AvgIpc) is 2.54. The van der Waals surface area contributed by atoms with Crippen LogP contribution in [0, 0.1) is 0 Å². The van der Waals surface area contributed by atoms with Crippen LogP contribution in [0.1, 0.15) is 5.56 Å². The van der Waals surface area contributed by atoms with Crippen molar-refractivity contribution in [1.29, 1.82) is 0 Å². The van der Waals surface area contributed by atoms with Crippen LogP contribution >= 0.6 is 0 Å². The highest BCUT2D eigenvalue weighted by Gasteiger charge is 2.15. The minimum absolute atomic E-state index is 0.191. The lowest BCUT2D eigenvalue weighted by atomic mass is 10.0. The van der Waals surface area contributed by atoms with Crippen molar-refractivity contribution in [3.05, 3.63) is 42.0 Å². The van der Waals surface area contributed by atoms with Crippen LogP contribution in [0.15, 0.2) is 36.4 Å². The van der Waals surface area contributed by atoms with Crippen molar-refractivity contribution in [1.82, 2.24) is 0 Å². The maximum atomic E-state index is 12.1. The first kappa shape index (κ1) is 15.1. The van der Waals surface area contributed by atoms with E-state index in [4.69, 9.17) is 14.2 Å². The number of aliphatic hydroxyl groups is 1. The van der Waals surface area contributed by atoms with Gasteiger partial charge in [-0.25, -0.2) is 4.39 Å². The Kier molecular flexibility index (Phi) is 5.00. The van der Waals surface area contributed by atoms with Crippen molar-refractivity contribution < 1.29 is 23.7 Å². The predicted molar refractivity (Wildman–Crippen MR) is 77.5 cm³/mol. The van der Waals surface area contributed by atoms with E-state index in [1.54, 1.807) is 30.3 Å². The molecule has 4 nitrogen and oxygen atoms in total. The van der Waals surface area contributed by atoms with Crippen LogP contribution in [0.5, 0.6) is 17.2 Å². The van der Waals surface area contributed by atoms with Crippen LogP contribution < -0.4 is 14.2 Å². The molecule has 0 fully saturated rings. The number of hydrogen-bond acceptors (Lipinski definition) is 4. The van der Waals surface area contributed by atoms with E-state index in [2.05, 4.69) is 0 Å². The highest BCUT2D eigenvalue weighted by atomic mass is 19.1. The Morgan fingerprint density at radius 1 is 1.00 bits per heavy atom. The minimum Gasteiger partial charge on any atom is -0.496 e. The summed E-state index contributed by atoms with van der Waals surface area (Å²) < 4.78 is 27.5. The Morgan fingerprint density at radius 3 is 2.24 bits per heavy atom. The first-order valence-corrected chi connectivity index (χ1v) is 6.39. The molecule has 0 aliphatic carbocycles. The molecule has 0 aliphatic rings. The smallest absolute Gasteiger partial charge is 0.228 e. The number of ether oxygens (including phenoxy) is 3. The largest absolute Gasteiger partial charge is 0.496 e. The highest BCUT2D eigenvalue weighted by molar-refractivity contribution is 5.74. The molecule has 0 saturated heterocycles. The number of aliphatic hydroxyl groups excluding tert-OH is 1. The summed E-state index contributed by atoms with van der Waals surface area (Å²) >= 11 is 0. The van der Waals surface area contributed by atoms with E-state index in [0.29, 0.717) is 22.8 Å². The van der Waals surface area contributed by atoms with Crippen LogP contribution in [0.3, 0.4) is 0 Å². The van der Waals surface area contributed by atoms with Gasteiger partial charge >= 0.3 is 0 Å². The van der Waals surface area contributed by atoms with Crippen molar-refractivity contribution >= 4 is 0 Å². The number of benzene rings is 2. The summed E-state index contributed by atoms with van der Waals surface area (Å²) in [5.74, 6) is 1.57. The SMILES string of the molecule is COc1ccc(-c2ccc(OCF)cc2)c(OC)c1CO. The molecule has 0 spiro atoms. The second-order valence-corrected chi connectivity index (χ2v) is 4.26. The second kappa shape index (κ2) is 6.95. The van der Waals surface area contributed by atoms with Crippen molar-refractivity contribution in [2.45, 2.75) is 6.61 Å². The standard InChI is InChI=1S/C16H17FO4/c1-19-15-8-7-13(16(20-2)14(15)9-18)11-3-5-12(6-4-11)21-10-17/h3-8,18H,9-10H2,1-2H3. The first-order chi connectivity index (χ1) is 10.2. The fourth-order valence-corrected chi connectivity index (χ4v) is 2.20. The van der Waals surface area contributed by atoms with E-state index in [0.717, 1.165) is 11.1 Å². The monoisotopic (exact) mass is 292 g/mol. The summed E-state index contributed by atoms with van der Waals surface area (Å²) in [5, 5.41) is 9.53. The molecule has 1 N–H and O–H groups in total. The van der Waals surface area contributed by atoms with Gasteiger partial charge in [0.05, 0.1) is 26.4 Å². The van der Waals surface area contributed by atoms with E-state index in [1.807, 2.05) is 6.07 Å². The number of halogens is 1. The lowest BCUT2D eigenvalue weighted by Crippen LogP contribution is -1.99. The molecule has 2 aromatic rings. The second-order valence-electron chi connectivity index (χ2n) is 4.26. The molecule has 0 aromatic heterocycles. The third kappa shape index (κ3) is 3.08. The summed E-state index contributed by atoms with van der Waals surface area (Å²) in [7, 11) is 3.08. The molecule has 0 saturated carbocycles. The van der Waals surface area contributed by atoms with Gasteiger partial charge in [0.1, 0.15) is 17.2 Å². The topological polar surface area (TPSA) is 47.9 Å². The molecule has 0 bridgehead atoms. The Hall–Kier alpha value is -2.27. The van der Waals surface area contributed by atoms with Gasteiger partial charge < -0.3 is 19.3 Å². The molecule has 0 aliphatic heterocycles. The van der Waals surface area contributed by atoms with Crippen LogP contribution in [0.25, 0.3) is 11.1 Å². The lowest BCUT2D eigenvalue weighted by Gasteiger charge is -2.16. The molecule has 2 aromatic carbocycles. The third-order valence-corrected chi connectivity index (χ3v) is 3.19. The summed E-state index contributed by atoms with van der Waals surface area (Å²) in [6.45, 7) is -1.05. The fraction of sp³-hybridized carbons (Fsp3) is 0.250. The normalized spacial score (nSPS) is 10.3. The van der Waals surface area contributed by atoms with E-state index in [9.17, 15) is 9.50 Å². The van der Waals surface area contributed by atoms with Crippen LogP contribution in [0.4, 0.5) is 4.39 Å². The molecule has 0 atom stereocenters. The Bertz CT molecular complexity index is 596. The number of rotatable bonds is 6. The quantitative estimate of drug-likeness (QED) is 0.888. The van der Waals surface area contributed by atoms with E-state index < -0.39 is 6.86 Å². The summed E-state index contributed by atoms with van der Waals surface area (Å²) in [6.07, 6.45) is 0. The van der Waals surface area contributed by atoms with Gasteiger partial charge in [-0.3, -0.25) is 0 Å². The fourth-order valence-electron chi connectivity index (χ4n) is 2.20. The van der Waals surface area contributed by atoms with Crippen molar-refractivity contribution in [2.24, 2.45) is 0 Å². The van der Waals surface area contributed by atoms with Gasteiger partial charge in [0.2, 0.25) is 6.86 Å². The van der Waals surface area contributed by atoms with Crippen molar-refractivity contribution in [3.8, 4) is 28.4 Å². The zero-order valence-corrected chi connectivity index (χ0v) is 11.9. The summed E-state index contributed by atoms with van der Waals surface area (Å²) in [6, 6.07) is 10.6. The average molecular weight is 292 g/mol. The Labute approximate surface area is 122 Å². The molecule has 21 heavy (non-hydrogen) atoms. The zero-order chi connectivity index (χ0) is 15.2. The summed E-state index contributed by atoms with van der Waals surface area (Å²) in [5.41, 5.74) is 2.27. The first-order valence-electron chi connectivity index (χ1n) is 6.39. The van der Waals surface area contributed by atoms with Gasteiger partial charge in [-0.2, -0.15) is 0 Å². The number of hydrogen-bond donors (Lipinski definition) is 1. The van der Waals surface area contributed by atoms with Gasteiger partial charge in [-0.15, -0.1) is 0 Å². The Balaban J connectivity index is 2.47. The molecular weight excluding hydrogens is 275 g/mol. The van der Waals surface area contributed by atoms with Gasteiger partial charge in [0.15, 0.2) is 0 Å². The predicted octanol–water partition coefficient (Wildman–Crippen LogP) is 3.17.